The molecule has 0 aliphatic heterocycles. The van der Waals surface area contributed by atoms with E-state index in [4.69, 9.17) is 0 Å². The maximum absolute atomic E-state index is 3.30. The van der Waals surface area contributed by atoms with Gasteiger partial charge in [-0.15, -0.1) is 0 Å². The van der Waals surface area contributed by atoms with Crippen molar-refractivity contribution < 1.29 is 43.1 Å². The van der Waals surface area contributed by atoms with E-state index >= 15 is 0 Å². The van der Waals surface area contributed by atoms with Crippen molar-refractivity contribution >= 4 is 0 Å². The van der Waals surface area contributed by atoms with E-state index in [1.54, 1.807) is 0 Å². The van der Waals surface area contributed by atoms with Crippen LogP contribution in [0.4, 0.5) is 0 Å². The van der Waals surface area contributed by atoms with Gasteiger partial charge in [0.2, 0.25) is 0 Å². The molecule has 3 aromatic rings. The topological polar surface area (TPSA) is 7.76 Å². The smallest absolute Gasteiger partial charge is 0.171 e. The average molecular weight is 554 g/mol. The number of unbranched alkanes of at least 4 members (excludes halogenated alkanes) is 2. The number of benzene rings is 1. The molecule has 0 aliphatic carbocycles. The van der Waals surface area contributed by atoms with Gasteiger partial charge in [-0.2, -0.15) is 0 Å². The summed E-state index contributed by atoms with van der Waals surface area (Å²) >= 11 is 0. The zero-order valence-electron chi connectivity index (χ0n) is 18.8. The van der Waals surface area contributed by atoms with Gasteiger partial charge in [0.05, 0.1) is 0 Å². The first-order valence-electron chi connectivity index (χ1n) is 10.7. The standard InChI is InChI=1S/C28H30N2.2BrH/c1-25-12-10-20-29(23-25)18-7-3-5-14-27-16-9-17-28(22-27)15-6-4-8-19-30-21-11-13-26(2)24-30;;/h9-13,16-17,20-24H,3-4,7-8,18-19H2,1-2H3;2*1H/q+2;;/p-2. The molecule has 0 spiro atoms. The molecule has 0 unspecified atom stereocenters. The third-order valence-corrected chi connectivity index (χ3v) is 4.78. The Bertz CT molecular complexity index is 1020. The van der Waals surface area contributed by atoms with E-state index in [2.05, 4.69) is 114 Å². The SMILES string of the molecule is Cc1ccc[n+](CCCC#Cc2cccc(C#CCCC[n+]3cccc(C)c3)c2)c1.[Br-].[Br-]. The molecule has 2 heterocycles. The van der Waals surface area contributed by atoms with Crippen LogP contribution in [0.25, 0.3) is 0 Å². The number of pyridine rings is 2. The third-order valence-electron chi connectivity index (χ3n) is 4.78. The lowest BCUT2D eigenvalue weighted by Gasteiger charge is -1.96. The van der Waals surface area contributed by atoms with E-state index in [-0.39, 0.29) is 34.0 Å². The number of aryl methyl sites for hydroxylation is 4. The van der Waals surface area contributed by atoms with Gasteiger partial charge < -0.3 is 34.0 Å². The van der Waals surface area contributed by atoms with Crippen LogP contribution in [-0.2, 0) is 13.1 Å². The Hall–Kier alpha value is -2.40. The molecule has 0 bridgehead atoms. The van der Waals surface area contributed by atoms with Crippen LogP contribution < -0.4 is 43.1 Å². The number of rotatable bonds is 6. The van der Waals surface area contributed by atoms with Gasteiger partial charge in [-0.1, -0.05) is 29.7 Å². The summed E-state index contributed by atoms with van der Waals surface area (Å²) in [6, 6.07) is 16.7. The highest BCUT2D eigenvalue weighted by atomic mass is 79.9. The second kappa shape index (κ2) is 15.4. The summed E-state index contributed by atoms with van der Waals surface area (Å²) in [6.07, 6.45) is 12.5. The number of halogens is 2. The molecule has 0 radical (unpaired) electrons. The molecule has 0 amide bonds. The maximum Gasteiger partial charge on any atom is 0.171 e. The van der Waals surface area contributed by atoms with Crippen molar-refractivity contribution in [3.05, 3.63) is 95.6 Å². The largest absolute Gasteiger partial charge is 1.00 e. The van der Waals surface area contributed by atoms with Crippen LogP contribution in [0.3, 0.4) is 0 Å². The van der Waals surface area contributed by atoms with Crippen molar-refractivity contribution in [2.24, 2.45) is 0 Å². The monoisotopic (exact) mass is 552 g/mol. The fourth-order valence-electron chi connectivity index (χ4n) is 3.29. The second-order valence-electron chi connectivity index (χ2n) is 7.63. The summed E-state index contributed by atoms with van der Waals surface area (Å²) in [7, 11) is 0. The van der Waals surface area contributed by atoms with Crippen LogP contribution in [0.5, 0.6) is 0 Å². The highest BCUT2D eigenvalue weighted by Gasteiger charge is 1.99. The zero-order chi connectivity index (χ0) is 21.0. The highest BCUT2D eigenvalue weighted by Crippen LogP contribution is 2.03. The maximum atomic E-state index is 3.30. The van der Waals surface area contributed by atoms with Crippen LogP contribution >= 0.6 is 0 Å². The van der Waals surface area contributed by atoms with E-state index in [9.17, 15) is 0 Å². The summed E-state index contributed by atoms with van der Waals surface area (Å²) in [5.41, 5.74) is 4.66. The van der Waals surface area contributed by atoms with Crippen LogP contribution in [0.1, 0.15) is 47.9 Å². The number of hydrogen-bond donors (Lipinski definition) is 0. The predicted molar refractivity (Wildman–Crippen MR) is 121 cm³/mol. The third kappa shape index (κ3) is 10.3. The molecular formula is C28H30Br2N2. The van der Waals surface area contributed by atoms with Gasteiger partial charge in [0.25, 0.3) is 0 Å². The van der Waals surface area contributed by atoms with E-state index in [0.29, 0.717) is 0 Å². The quantitative estimate of drug-likeness (QED) is 0.200. The molecule has 0 saturated carbocycles. The van der Waals surface area contributed by atoms with Crippen LogP contribution in [0.15, 0.2) is 73.3 Å². The molecule has 3 rings (SSSR count). The molecule has 0 saturated heterocycles. The van der Waals surface area contributed by atoms with Gasteiger partial charge >= 0.3 is 0 Å². The van der Waals surface area contributed by atoms with Gasteiger partial charge in [0.1, 0.15) is 13.1 Å². The van der Waals surface area contributed by atoms with E-state index in [1.165, 1.54) is 11.1 Å². The molecule has 32 heavy (non-hydrogen) atoms. The molecule has 166 valence electrons. The molecule has 0 N–H and O–H groups in total. The van der Waals surface area contributed by atoms with Gasteiger partial charge in [0, 0.05) is 60.1 Å². The highest BCUT2D eigenvalue weighted by molar-refractivity contribution is 5.43. The molecule has 2 nitrogen and oxygen atoms in total. The van der Waals surface area contributed by atoms with Crippen LogP contribution in [0.2, 0.25) is 0 Å². The predicted octanol–water partition coefficient (Wildman–Crippen LogP) is -1.45. The molecule has 2 aromatic heterocycles. The first-order valence-corrected chi connectivity index (χ1v) is 10.7. The van der Waals surface area contributed by atoms with Crippen molar-refractivity contribution in [2.75, 3.05) is 0 Å². The van der Waals surface area contributed by atoms with Crippen LogP contribution in [-0.4, -0.2) is 0 Å². The van der Waals surface area contributed by atoms with Crippen molar-refractivity contribution in [1.82, 2.24) is 0 Å². The Labute approximate surface area is 214 Å². The fraction of sp³-hybridized carbons (Fsp3) is 0.286. The lowest BCUT2D eigenvalue weighted by atomic mass is 10.1. The van der Waals surface area contributed by atoms with Gasteiger partial charge in [-0.05, 0) is 44.2 Å². The first-order chi connectivity index (χ1) is 14.7. The number of nitrogens with zero attached hydrogens (tertiary/aromatic N) is 2. The summed E-state index contributed by atoms with van der Waals surface area (Å²) in [5, 5.41) is 0. The lowest BCUT2D eigenvalue weighted by molar-refractivity contribution is -0.697. The Morgan fingerprint density at radius 1 is 0.656 bits per heavy atom. The summed E-state index contributed by atoms with van der Waals surface area (Å²) < 4.78 is 4.45. The van der Waals surface area contributed by atoms with Crippen molar-refractivity contribution in [3.8, 4) is 23.7 Å². The van der Waals surface area contributed by atoms with E-state index < -0.39 is 0 Å². The van der Waals surface area contributed by atoms with Gasteiger partial charge in [-0.3, -0.25) is 0 Å². The Kier molecular flexibility index (Phi) is 13.3. The summed E-state index contributed by atoms with van der Waals surface area (Å²) in [6.45, 7) is 6.25. The summed E-state index contributed by atoms with van der Waals surface area (Å²) in [5.74, 6) is 13.2. The second-order valence-corrected chi connectivity index (χ2v) is 7.63. The lowest BCUT2D eigenvalue weighted by Crippen LogP contribution is -3.00. The number of aromatic nitrogens is 2. The molecule has 0 atom stereocenters. The minimum Gasteiger partial charge on any atom is -1.00 e. The number of hydrogen-bond acceptors (Lipinski definition) is 0. The van der Waals surface area contributed by atoms with E-state index in [1.807, 2.05) is 6.07 Å². The Balaban J connectivity index is 0.00000256. The zero-order valence-corrected chi connectivity index (χ0v) is 22.0. The van der Waals surface area contributed by atoms with Crippen molar-refractivity contribution in [1.29, 1.82) is 0 Å². The van der Waals surface area contributed by atoms with Crippen molar-refractivity contribution in [2.45, 2.75) is 52.6 Å². The molecule has 0 fully saturated rings. The molecule has 0 aliphatic rings. The van der Waals surface area contributed by atoms with Gasteiger partial charge in [0.15, 0.2) is 24.8 Å². The minimum atomic E-state index is 0. The molecule has 4 heteroatoms. The normalized spacial score (nSPS) is 9.31. The van der Waals surface area contributed by atoms with Crippen molar-refractivity contribution in [3.63, 3.8) is 0 Å². The fourth-order valence-corrected chi connectivity index (χ4v) is 3.29. The minimum absolute atomic E-state index is 0. The Morgan fingerprint density at radius 3 is 1.56 bits per heavy atom. The molecule has 1 aromatic carbocycles. The molecular weight excluding hydrogens is 524 g/mol. The Morgan fingerprint density at radius 2 is 1.12 bits per heavy atom. The van der Waals surface area contributed by atoms with Crippen LogP contribution in [0, 0.1) is 37.5 Å². The average Bonchev–Trinajstić information content (AvgIpc) is 2.74. The van der Waals surface area contributed by atoms with E-state index in [0.717, 1.165) is 49.9 Å². The van der Waals surface area contributed by atoms with Gasteiger partial charge in [-0.25, -0.2) is 9.13 Å². The summed E-state index contributed by atoms with van der Waals surface area (Å²) in [4.78, 5) is 0. The first kappa shape index (κ1) is 27.6.